The van der Waals surface area contributed by atoms with Crippen LogP contribution >= 0.6 is 0 Å². The summed E-state index contributed by atoms with van der Waals surface area (Å²) in [6.45, 7) is 3.74. The van der Waals surface area contributed by atoms with E-state index in [0.29, 0.717) is 0 Å². The molecular formula is C12H18N2O2. The number of aromatic nitrogens is 1. The van der Waals surface area contributed by atoms with E-state index in [2.05, 4.69) is 4.98 Å². The first-order valence-electron chi connectivity index (χ1n) is 5.36. The molecule has 0 spiro atoms. The van der Waals surface area contributed by atoms with Crippen LogP contribution in [0.1, 0.15) is 13.8 Å². The number of carbonyl (C=O) groups is 1. The summed E-state index contributed by atoms with van der Waals surface area (Å²) in [6.07, 6.45) is 3.28. The summed E-state index contributed by atoms with van der Waals surface area (Å²) in [5.41, 5.74) is 0.791. The van der Waals surface area contributed by atoms with E-state index in [4.69, 9.17) is 0 Å². The Balaban J connectivity index is 2.81. The lowest BCUT2D eigenvalue weighted by atomic mass is 9.95. The molecular weight excluding hydrogens is 204 g/mol. The molecule has 0 saturated carbocycles. The minimum Gasteiger partial charge on any atom is -0.396 e. The highest BCUT2D eigenvalue weighted by atomic mass is 16.3. The lowest BCUT2D eigenvalue weighted by molar-refractivity contribution is -0.124. The van der Waals surface area contributed by atoms with Crippen molar-refractivity contribution in [2.24, 2.45) is 11.8 Å². The molecule has 4 heteroatoms. The summed E-state index contributed by atoms with van der Waals surface area (Å²) in [4.78, 5) is 17.5. The minimum atomic E-state index is -0.349. The number of amides is 1. The van der Waals surface area contributed by atoms with Crippen LogP contribution in [0.25, 0.3) is 0 Å². The first-order valence-corrected chi connectivity index (χ1v) is 5.36. The molecule has 16 heavy (non-hydrogen) atoms. The summed E-state index contributed by atoms with van der Waals surface area (Å²) in [5, 5.41) is 9.20. The molecule has 0 radical (unpaired) electrons. The molecule has 0 bridgehead atoms. The van der Waals surface area contributed by atoms with Gasteiger partial charge in [-0.2, -0.15) is 0 Å². The zero-order valence-electron chi connectivity index (χ0n) is 9.92. The fraction of sp³-hybridized carbons (Fsp3) is 0.500. The van der Waals surface area contributed by atoms with Gasteiger partial charge < -0.3 is 10.0 Å². The van der Waals surface area contributed by atoms with Crippen molar-refractivity contribution < 1.29 is 9.90 Å². The number of hydrogen-bond acceptors (Lipinski definition) is 3. The maximum absolute atomic E-state index is 12.1. The number of anilines is 1. The molecule has 1 rings (SSSR count). The second-order valence-electron chi connectivity index (χ2n) is 4.14. The Morgan fingerprint density at radius 3 is 2.44 bits per heavy atom. The van der Waals surface area contributed by atoms with Crippen molar-refractivity contribution in [2.75, 3.05) is 18.6 Å². The van der Waals surface area contributed by atoms with Crippen molar-refractivity contribution in [1.29, 1.82) is 0 Å². The van der Waals surface area contributed by atoms with E-state index in [9.17, 15) is 9.90 Å². The molecule has 0 aliphatic rings. The van der Waals surface area contributed by atoms with Gasteiger partial charge in [0.05, 0.1) is 12.5 Å². The van der Waals surface area contributed by atoms with Gasteiger partial charge in [0.2, 0.25) is 5.91 Å². The summed E-state index contributed by atoms with van der Waals surface area (Å²) in [6, 6.07) is 3.54. The van der Waals surface area contributed by atoms with Crippen molar-refractivity contribution in [3.8, 4) is 0 Å². The van der Waals surface area contributed by atoms with Gasteiger partial charge >= 0.3 is 0 Å². The Morgan fingerprint density at radius 1 is 1.44 bits per heavy atom. The van der Waals surface area contributed by atoms with E-state index >= 15 is 0 Å². The molecule has 1 aromatic rings. The van der Waals surface area contributed by atoms with E-state index in [1.165, 1.54) is 0 Å². The number of nitrogens with zero attached hydrogens (tertiary/aromatic N) is 2. The van der Waals surface area contributed by atoms with Crippen LogP contribution in [0.4, 0.5) is 5.69 Å². The molecule has 1 unspecified atom stereocenters. The second kappa shape index (κ2) is 5.61. The van der Waals surface area contributed by atoms with Crippen LogP contribution in [0, 0.1) is 11.8 Å². The number of aliphatic hydroxyl groups excluding tert-OH is 1. The average Bonchev–Trinajstić information content (AvgIpc) is 2.29. The number of pyridine rings is 1. The Hall–Kier alpha value is -1.42. The van der Waals surface area contributed by atoms with E-state index in [-0.39, 0.29) is 24.3 Å². The summed E-state index contributed by atoms with van der Waals surface area (Å²) < 4.78 is 0. The number of carbonyl (C=O) groups excluding carboxylic acids is 1. The first kappa shape index (κ1) is 12.6. The fourth-order valence-corrected chi connectivity index (χ4v) is 1.52. The van der Waals surface area contributed by atoms with Crippen molar-refractivity contribution in [2.45, 2.75) is 13.8 Å². The smallest absolute Gasteiger partial charge is 0.232 e. The molecule has 4 nitrogen and oxygen atoms in total. The topological polar surface area (TPSA) is 53.4 Å². The third-order valence-corrected chi connectivity index (χ3v) is 2.70. The molecule has 0 aliphatic heterocycles. The van der Waals surface area contributed by atoms with E-state index in [0.717, 1.165) is 5.69 Å². The van der Waals surface area contributed by atoms with E-state index in [1.807, 2.05) is 13.8 Å². The number of aliphatic hydroxyl groups is 1. The molecule has 0 fully saturated rings. The maximum atomic E-state index is 12.1. The van der Waals surface area contributed by atoms with Crippen LogP contribution in [0.15, 0.2) is 24.5 Å². The van der Waals surface area contributed by atoms with Crippen LogP contribution < -0.4 is 4.90 Å². The molecule has 1 atom stereocenters. The van der Waals surface area contributed by atoms with Gasteiger partial charge in [0, 0.05) is 25.1 Å². The zero-order valence-corrected chi connectivity index (χ0v) is 9.92. The predicted octanol–water partition coefficient (Wildman–Crippen LogP) is 1.31. The molecule has 1 heterocycles. The largest absolute Gasteiger partial charge is 0.396 e. The molecule has 0 aliphatic carbocycles. The van der Waals surface area contributed by atoms with Crippen LogP contribution in [-0.4, -0.2) is 29.7 Å². The lowest BCUT2D eigenvalue weighted by Crippen LogP contribution is -2.37. The van der Waals surface area contributed by atoms with Gasteiger partial charge in [-0.1, -0.05) is 13.8 Å². The Morgan fingerprint density at radius 2 is 2.00 bits per heavy atom. The minimum absolute atomic E-state index is 0.0660. The van der Waals surface area contributed by atoms with Gasteiger partial charge in [-0.25, -0.2) is 0 Å². The SMILES string of the molecule is CC(C)C(CO)C(=O)N(C)c1ccncc1. The normalized spacial score (nSPS) is 12.6. The fourth-order valence-electron chi connectivity index (χ4n) is 1.52. The summed E-state index contributed by atoms with van der Waals surface area (Å²) >= 11 is 0. The van der Waals surface area contributed by atoms with Gasteiger partial charge in [-0.05, 0) is 18.1 Å². The standard InChI is InChI=1S/C12H18N2O2/c1-9(2)11(8-15)12(16)14(3)10-4-6-13-7-5-10/h4-7,9,11,15H,8H2,1-3H3. The van der Waals surface area contributed by atoms with Crippen molar-refractivity contribution >= 4 is 11.6 Å². The Bertz CT molecular complexity index is 338. The molecule has 1 aromatic heterocycles. The highest BCUT2D eigenvalue weighted by Gasteiger charge is 2.24. The van der Waals surface area contributed by atoms with Gasteiger partial charge in [0.25, 0.3) is 0 Å². The van der Waals surface area contributed by atoms with Crippen molar-refractivity contribution in [1.82, 2.24) is 4.98 Å². The number of rotatable bonds is 4. The molecule has 0 saturated heterocycles. The highest BCUT2D eigenvalue weighted by molar-refractivity contribution is 5.94. The third-order valence-electron chi connectivity index (χ3n) is 2.70. The second-order valence-corrected chi connectivity index (χ2v) is 4.14. The van der Waals surface area contributed by atoms with Gasteiger partial charge in [-0.3, -0.25) is 9.78 Å². The third kappa shape index (κ3) is 2.79. The van der Waals surface area contributed by atoms with E-state index < -0.39 is 0 Å². The van der Waals surface area contributed by atoms with E-state index in [1.54, 1.807) is 36.5 Å². The van der Waals surface area contributed by atoms with Crippen molar-refractivity contribution in [3.63, 3.8) is 0 Å². The average molecular weight is 222 g/mol. The Labute approximate surface area is 95.9 Å². The highest BCUT2D eigenvalue weighted by Crippen LogP contribution is 2.18. The number of hydrogen-bond donors (Lipinski definition) is 1. The lowest BCUT2D eigenvalue weighted by Gasteiger charge is -2.24. The van der Waals surface area contributed by atoms with Crippen LogP contribution in [0.5, 0.6) is 0 Å². The molecule has 0 aromatic carbocycles. The summed E-state index contributed by atoms with van der Waals surface area (Å²) in [7, 11) is 1.71. The Kier molecular flexibility index (Phi) is 4.43. The first-order chi connectivity index (χ1) is 7.57. The van der Waals surface area contributed by atoms with Crippen LogP contribution in [-0.2, 0) is 4.79 Å². The molecule has 1 amide bonds. The van der Waals surface area contributed by atoms with Gasteiger partial charge in [-0.15, -0.1) is 0 Å². The molecule has 1 N–H and O–H groups in total. The molecule has 88 valence electrons. The zero-order chi connectivity index (χ0) is 12.1. The predicted molar refractivity (Wildman–Crippen MR) is 63.1 cm³/mol. The van der Waals surface area contributed by atoms with Crippen LogP contribution in [0.2, 0.25) is 0 Å². The van der Waals surface area contributed by atoms with Crippen molar-refractivity contribution in [3.05, 3.63) is 24.5 Å². The quantitative estimate of drug-likeness (QED) is 0.835. The van der Waals surface area contributed by atoms with Crippen LogP contribution in [0.3, 0.4) is 0 Å². The summed E-state index contributed by atoms with van der Waals surface area (Å²) in [5.74, 6) is -0.288. The van der Waals surface area contributed by atoms with Gasteiger partial charge in [0.15, 0.2) is 0 Å². The maximum Gasteiger partial charge on any atom is 0.232 e. The van der Waals surface area contributed by atoms with Gasteiger partial charge in [0.1, 0.15) is 0 Å². The monoisotopic (exact) mass is 222 g/mol.